The number of benzene rings is 2. The van der Waals surface area contributed by atoms with Gasteiger partial charge in [-0.15, -0.1) is 10.2 Å². The Morgan fingerprint density at radius 1 is 1.04 bits per heavy atom. The number of nitrogens with zero attached hydrogens (tertiary/aromatic N) is 4. The van der Waals surface area contributed by atoms with Crippen molar-refractivity contribution >= 4 is 28.2 Å². The number of anilines is 1. The fraction of sp³-hybridized carbons (Fsp3) is 0.111. The molecular weight excluding hydrogens is 385 g/mol. The van der Waals surface area contributed by atoms with Gasteiger partial charge in [0.05, 0.1) is 5.75 Å². The van der Waals surface area contributed by atoms with E-state index in [1.54, 1.807) is 12.1 Å². The first-order valence-corrected chi connectivity index (χ1v) is 9.89. The van der Waals surface area contributed by atoms with Gasteiger partial charge in [-0.05, 0) is 29.8 Å². The van der Waals surface area contributed by atoms with Gasteiger partial charge in [-0.2, -0.15) is 4.98 Å². The number of hydrogen-bond donors (Lipinski definition) is 1. The predicted octanol–water partition coefficient (Wildman–Crippen LogP) is 4.63. The van der Waals surface area contributed by atoms with Gasteiger partial charge in [0.1, 0.15) is 5.82 Å². The van der Waals surface area contributed by atoms with Gasteiger partial charge >= 0.3 is 0 Å². The summed E-state index contributed by atoms with van der Waals surface area (Å²) < 4.78 is 19.0. The summed E-state index contributed by atoms with van der Waals surface area (Å²) in [6, 6.07) is 16.1. The largest absolute Gasteiger partial charge is 0.356 e. The highest BCUT2D eigenvalue weighted by Gasteiger charge is 2.11. The molecule has 6 nitrogen and oxygen atoms in total. The van der Waals surface area contributed by atoms with Crippen LogP contribution in [0, 0.1) is 5.82 Å². The summed E-state index contributed by atoms with van der Waals surface area (Å²) in [5.41, 5.74) is 1.89. The smallest absolute Gasteiger partial charge is 0.237 e. The molecule has 4 rings (SSSR count). The van der Waals surface area contributed by atoms with Crippen LogP contribution in [0.15, 0.2) is 63.5 Å². The monoisotopic (exact) mass is 399 g/mol. The molecule has 0 saturated carbocycles. The molecule has 0 radical (unpaired) electrons. The highest BCUT2D eigenvalue weighted by atomic mass is 32.2. The number of halogens is 1. The van der Waals surface area contributed by atoms with E-state index in [1.807, 2.05) is 18.2 Å². The van der Waals surface area contributed by atoms with Crippen LogP contribution in [0.3, 0.4) is 0 Å². The molecule has 4 aromatic rings. The molecule has 136 valence electrons. The predicted molar refractivity (Wildman–Crippen MR) is 103 cm³/mol. The van der Waals surface area contributed by atoms with Gasteiger partial charge in [-0.25, -0.2) is 4.39 Å². The van der Waals surface area contributed by atoms with Crippen LogP contribution in [0.25, 0.3) is 11.4 Å². The van der Waals surface area contributed by atoms with Crippen molar-refractivity contribution in [3.05, 3.63) is 71.9 Å². The Labute approximate surface area is 162 Å². The van der Waals surface area contributed by atoms with Crippen molar-refractivity contribution in [1.29, 1.82) is 0 Å². The molecule has 0 saturated heterocycles. The molecule has 1 N–H and O–H groups in total. The second kappa shape index (κ2) is 8.28. The van der Waals surface area contributed by atoms with Gasteiger partial charge in [0.2, 0.25) is 16.8 Å². The van der Waals surface area contributed by atoms with Gasteiger partial charge < -0.3 is 9.84 Å². The van der Waals surface area contributed by atoms with Crippen molar-refractivity contribution in [1.82, 2.24) is 20.3 Å². The van der Waals surface area contributed by atoms with Crippen molar-refractivity contribution in [3.63, 3.8) is 0 Å². The third-order valence-electron chi connectivity index (χ3n) is 3.58. The zero-order valence-electron chi connectivity index (χ0n) is 14.0. The SMILES string of the molecule is Fc1ccc(-c2noc(CSc3nnc(NCc4ccccc4)s3)n2)cc1. The summed E-state index contributed by atoms with van der Waals surface area (Å²) in [5, 5.41) is 16.2. The molecule has 0 spiro atoms. The average molecular weight is 399 g/mol. The number of thioether (sulfide) groups is 1. The molecule has 0 unspecified atom stereocenters. The summed E-state index contributed by atoms with van der Waals surface area (Å²) in [4.78, 5) is 4.33. The molecule has 27 heavy (non-hydrogen) atoms. The van der Waals surface area contributed by atoms with Crippen LogP contribution in [0.1, 0.15) is 11.5 Å². The molecule has 2 heterocycles. The third kappa shape index (κ3) is 4.69. The van der Waals surface area contributed by atoms with Gasteiger partial charge in [-0.3, -0.25) is 0 Å². The zero-order chi connectivity index (χ0) is 18.5. The maximum absolute atomic E-state index is 13.0. The fourth-order valence-corrected chi connectivity index (χ4v) is 3.85. The van der Waals surface area contributed by atoms with Crippen molar-refractivity contribution in [2.45, 2.75) is 16.6 Å². The quantitative estimate of drug-likeness (QED) is 0.454. The second-order valence-corrected chi connectivity index (χ2v) is 7.72. The van der Waals surface area contributed by atoms with Crippen LogP contribution >= 0.6 is 23.1 Å². The van der Waals surface area contributed by atoms with Gasteiger partial charge in [0.15, 0.2) is 4.34 Å². The summed E-state index contributed by atoms with van der Waals surface area (Å²) in [7, 11) is 0. The van der Waals surface area contributed by atoms with Crippen molar-refractivity contribution in [2.24, 2.45) is 0 Å². The molecule has 0 bridgehead atoms. The van der Waals surface area contributed by atoms with Crippen molar-refractivity contribution in [3.8, 4) is 11.4 Å². The van der Waals surface area contributed by atoms with Crippen LogP contribution < -0.4 is 5.32 Å². The first-order valence-electron chi connectivity index (χ1n) is 8.09. The molecule has 0 atom stereocenters. The second-order valence-electron chi connectivity index (χ2n) is 5.52. The van der Waals surface area contributed by atoms with Crippen molar-refractivity contribution in [2.75, 3.05) is 5.32 Å². The highest BCUT2D eigenvalue weighted by Crippen LogP contribution is 2.28. The molecule has 2 aromatic carbocycles. The number of nitrogens with one attached hydrogen (secondary N) is 1. The lowest BCUT2D eigenvalue weighted by Crippen LogP contribution is -1.98. The Morgan fingerprint density at radius 2 is 1.85 bits per heavy atom. The lowest BCUT2D eigenvalue weighted by molar-refractivity contribution is 0.391. The van der Waals surface area contributed by atoms with Gasteiger partial charge in [-0.1, -0.05) is 58.6 Å². The summed E-state index contributed by atoms with van der Waals surface area (Å²) in [6.07, 6.45) is 0. The summed E-state index contributed by atoms with van der Waals surface area (Å²) in [6.45, 7) is 0.699. The normalized spacial score (nSPS) is 10.9. The van der Waals surface area contributed by atoms with E-state index >= 15 is 0 Å². The Balaban J connectivity index is 1.32. The Kier molecular flexibility index (Phi) is 5.40. The lowest BCUT2D eigenvalue weighted by atomic mass is 10.2. The summed E-state index contributed by atoms with van der Waals surface area (Å²) in [5.74, 6) is 1.11. The van der Waals surface area contributed by atoms with E-state index in [9.17, 15) is 4.39 Å². The molecular formula is C18H14FN5OS2. The molecule has 0 amide bonds. The Hall–Kier alpha value is -2.78. The van der Waals surface area contributed by atoms with Crippen LogP contribution in [0.5, 0.6) is 0 Å². The lowest BCUT2D eigenvalue weighted by Gasteiger charge is -2.00. The van der Waals surface area contributed by atoms with E-state index in [-0.39, 0.29) is 5.82 Å². The fourth-order valence-electron chi connectivity index (χ4n) is 2.27. The number of rotatable bonds is 7. The molecule has 0 aliphatic carbocycles. The molecule has 9 heteroatoms. The van der Waals surface area contributed by atoms with E-state index in [1.165, 1.54) is 40.8 Å². The Bertz CT molecular complexity index is 1000. The minimum atomic E-state index is -0.300. The van der Waals surface area contributed by atoms with Crippen molar-refractivity contribution < 1.29 is 8.91 Å². The molecule has 0 aliphatic heterocycles. The number of hydrogen-bond acceptors (Lipinski definition) is 8. The maximum atomic E-state index is 13.0. The van der Waals surface area contributed by atoms with E-state index in [0.29, 0.717) is 29.6 Å². The van der Waals surface area contributed by atoms with Crippen LogP contribution in [-0.2, 0) is 12.3 Å². The molecule has 2 aromatic heterocycles. The highest BCUT2D eigenvalue weighted by molar-refractivity contribution is 8.00. The zero-order valence-corrected chi connectivity index (χ0v) is 15.6. The van der Waals surface area contributed by atoms with Gasteiger partial charge in [0, 0.05) is 12.1 Å². The average Bonchev–Trinajstić information content (AvgIpc) is 3.36. The minimum Gasteiger partial charge on any atom is -0.356 e. The topological polar surface area (TPSA) is 76.7 Å². The van der Waals surface area contributed by atoms with Gasteiger partial charge in [0.25, 0.3) is 0 Å². The first-order chi connectivity index (χ1) is 13.3. The van der Waals surface area contributed by atoms with Crippen LogP contribution in [-0.4, -0.2) is 20.3 Å². The van der Waals surface area contributed by atoms with E-state index < -0.39 is 0 Å². The van der Waals surface area contributed by atoms with E-state index in [4.69, 9.17) is 4.52 Å². The molecule has 0 aliphatic rings. The summed E-state index contributed by atoms with van der Waals surface area (Å²) >= 11 is 2.95. The van der Waals surface area contributed by atoms with E-state index in [2.05, 4.69) is 37.8 Å². The van der Waals surface area contributed by atoms with Crippen LogP contribution in [0.4, 0.5) is 9.52 Å². The first kappa shape index (κ1) is 17.6. The van der Waals surface area contributed by atoms with E-state index in [0.717, 1.165) is 9.47 Å². The van der Waals surface area contributed by atoms with Crippen LogP contribution in [0.2, 0.25) is 0 Å². The third-order valence-corrected chi connectivity index (χ3v) is 5.58. The standard InChI is InChI=1S/C18H14FN5OS2/c19-14-8-6-13(7-9-14)16-21-15(25-24-16)11-26-18-23-22-17(27-18)20-10-12-4-2-1-3-5-12/h1-9H,10-11H2,(H,20,22). The molecule has 0 fully saturated rings. The maximum Gasteiger partial charge on any atom is 0.237 e. The Morgan fingerprint density at radius 3 is 2.67 bits per heavy atom. The minimum absolute atomic E-state index is 0.300. The number of aromatic nitrogens is 4.